The third-order valence-electron chi connectivity index (χ3n) is 4.35. The summed E-state index contributed by atoms with van der Waals surface area (Å²) >= 11 is 0. The van der Waals surface area contributed by atoms with Crippen molar-refractivity contribution in [3.05, 3.63) is 54.0 Å². The van der Waals surface area contributed by atoms with E-state index in [1.54, 1.807) is 18.2 Å². The van der Waals surface area contributed by atoms with Gasteiger partial charge in [-0.2, -0.15) is 0 Å². The minimum Gasteiger partial charge on any atom is -0.467 e. The van der Waals surface area contributed by atoms with Gasteiger partial charge in [0.25, 0.3) is 0 Å². The number of anilines is 1. The number of hydrogen-bond acceptors (Lipinski definition) is 4. The van der Waals surface area contributed by atoms with E-state index in [1.807, 2.05) is 39.0 Å². The van der Waals surface area contributed by atoms with Crippen LogP contribution in [0.2, 0.25) is 0 Å². The zero-order valence-electron chi connectivity index (χ0n) is 16.5. The summed E-state index contributed by atoms with van der Waals surface area (Å²) in [7, 11) is 0. The molecule has 1 heterocycles. The second kappa shape index (κ2) is 10.3. The van der Waals surface area contributed by atoms with Crippen LogP contribution >= 0.6 is 0 Å². The van der Waals surface area contributed by atoms with E-state index in [9.17, 15) is 14.4 Å². The first-order valence-corrected chi connectivity index (χ1v) is 9.33. The number of nitrogens with one attached hydrogen (secondary N) is 2. The maximum atomic E-state index is 12.6. The molecule has 0 aliphatic rings. The first kappa shape index (κ1) is 21.2. The Morgan fingerprint density at radius 1 is 1.14 bits per heavy atom. The Morgan fingerprint density at radius 2 is 1.93 bits per heavy atom. The molecule has 0 unspecified atom stereocenters. The normalized spacial score (nSPS) is 11.5. The van der Waals surface area contributed by atoms with Crippen LogP contribution in [0.4, 0.5) is 5.69 Å². The van der Waals surface area contributed by atoms with Gasteiger partial charge in [-0.3, -0.25) is 14.4 Å². The van der Waals surface area contributed by atoms with Gasteiger partial charge >= 0.3 is 0 Å². The second-order valence-electron chi connectivity index (χ2n) is 6.78. The van der Waals surface area contributed by atoms with Crippen LogP contribution in [0.5, 0.6) is 0 Å². The summed E-state index contributed by atoms with van der Waals surface area (Å²) < 4.78 is 5.29. The van der Waals surface area contributed by atoms with Crippen LogP contribution in [0.3, 0.4) is 0 Å². The van der Waals surface area contributed by atoms with E-state index >= 15 is 0 Å². The van der Waals surface area contributed by atoms with Crippen LogP contribution in [0, 0.1) is 12.8 Å². The maximum Gasteiger partial charge on any atom is 0.243 e. The van der Waals surface area contributed by atoms with Gasteiger partial charge < -0.3 is 20.0 Å². The van der Waals surface area contributed by atoms with Crippen molar-refractivity contribution in [3.63, 3.8) is 0 Å². The fourth-order valence-corrected chi connectivity index (χ4v) is 2.62. The third kappa shape index (κ3) is 6.57. The Kier molecular flexibility index (Phi) is 7.80. The molecule has 1 aromatic carbocycles. The Hall–Kier alpha value is -3.09. The van der Waals surface area contributed by atoms with Gasteiger partial charge in [0.15, 0.2) is 0 Å². The molecule has 28 heavy (non-hydrogen) atoms. The summed E-state index contributed by atoms with van der Waals surface area (Å²) in [6.45, 7) is 5.58. The molecule has 7 nitrogen and oxygen atoms in total. The number of furan rings is 1. The van der Waals surface area contributed by atoms with Gasteiger partial charge in [-0.15, -0.1) is 0 Å². The molecule has 0 radical (unpaired) electrons. The fourth-order valence-electron chi connectivity index (χ4n) is 2.62. The van der Waals surface area contributed by atoms with Crippen molar-refractivity contribution in [2.75, 3.05) is 18.4 Å². The monoisotopic (exact) mass is 385 g/mol. The van der Waals surface area contributed by atoms with Crippen molar-refractivity contribution in [1.82, 2.24) is 10.2 Å². The molecule has 0 aliphatic carbocycles. The molecule has 0 bridgehead atoms. The third-order valence-corrected chi connectivity index (χ3v) is 4.35. The topological polar surface area (TPSA) is 91.7 Å². The van der Waals surface area contributed by atoms with E-state index in [0.717, 1.165) is 5.56 Å². The first-order valence-electron chi connectivity index (χ1n) is 9.33. The molecule has 2 aromatic rings. The highest BCUT2D eigenvalue weighted by Crippen LogP contribution is 2.12. The van der Waals surface area contributed by atoms with Crippen LogP contribution in [-0.2, 0) is 20.9 Å². The summed E-state index contributed by atoms with van der Waals surface area (Å²) in [4.78, 5) is 38.3. The second-order valence-corrected chi connectivity index (χ2v) is 6.78. The molecular formula is C21H27N3O4. The van der Waals surface area contributed by atoms with Gasteiger partial charge in [-0.1, -0.05) is 26.0 Å². The number of rotatable bonds is 9. The predicted octanol–water partition coefficient (Wildman–Crippen LogP) is 2.72. The first-order chi connectivity index (χ1) is 13.4. The molecule has 0 fully saturated rings. The number of carbonyl (C=O) groups is 3. The van der Waals surface area contributed by atoms with Gasteiger partial charge in [0.1, 0.15) is 12.3 Å². The molecule has 0 aliphatic heterocycles. The van der Waals surface area contributed by atoms with E-state index < -0.39 is 5.91 Å². The lowest BCUT2D eigenvalue weighted by Crippen LogP contribution is -2.44. The van der Waals surface area contributed by atoms with Crippen LogP contribution in [0.15, 0.2) is 47.1 Å². The molecule has 1 atom stereocenters. The predicted molar refractivity (Wildman–Crippen MR) is 106 cm³/mol. The Bertz CT molecular complexity index is 802. The van der Waals surface area contributed by atoms with E-state index in [-0.39, 0.29) is 37.4 Å². The van der Waals surface area contributed by atoms with Crippen molar-refractivity contribution in [3.8, 4) is 0 Å². The number of nitrogens with zero attached hydrogens (tertiary/aromatic N) is 1. The van der Waals surface area contributed by atoms with Gasteiger partial charge in [0.05, 0.1) is 19.4 Å². The molecule has 150 valence electrons. The smallest absolute Gasteiger partial charge is 0.243 e. The van der Waals surface area contributed by atoms with E-state index in [4.69, 9.17) is 4.42 Å². The van der Waals surface area contributed by atoms with Crippen LogP contribution in [0.25, 0.3) is 0 Å². The molecule has 3 amide bonds. The summed E-state index contributed by atoms with van der Waals surface area (Å²) in [6, 6.07) is 10.9. The molecule has 2 rings (SSSR count). The van der Waals surface area contributed by atoms with Crippen LogP contribution < -0.4 is 10.6 Å². The molecule has 1 aromatic heterocycles. The van der Waals surface area contributed by atoms with Crippen molar-refractivity contribution in [2.45, 2.75) is 33.7 Å². The highest BCUT2D eigenvalue weighted by molar-refractivity contribution is 5.95. The highest BCUT2D eigenvalue weighted by atomic mass is 16.3. The van der Waals surface area contributed by atoms with Gasteiger partial charge in [-0.05, 0) is 43.2 Å². The van der Waals surface area contributed by atoms with E-state index in [0.29, 0.717) is 17.9 Å². The molecule has 2 N–H and O–H groups in total. The van der Waals surface area contributed by atoms with Crippen molar-refractivity contribution < 1.29 is 18.8 Å². The number of hydrogen-bond donors (Lipinski definition) is 2. The summed E-state index contributed by atoms with van der Waals surface area (Å²) in [6.07, 6.45) is 2.20. The van der Waals surface area contributed by atoms with Gasteiger partial charge in [0.2, 0.25) is 17.7 Å². The maximum absolute atomic E-state index is 12.6. The standard InChI is InChI=1S/C21H27N3O4/c1-4-16(3)21(27)24(13-18-9-6-10-28-18)14-20(26)22-12-19(25)23-17-8-5-7-15(2)11-17/h5-11,16H,4,12-14H2,1-3H3,(H,22,26)(H,23,25)/t16-/m0/s1. The van der Waals surface area contributed by atoms with Crippen LogP contribution in [-0.4, -0.2) is 35.7 Å². The Labute approximate surface area is 165 Å². The largest absolute Gasteiger partial charge is 0.467 e. The minimum atomic E-state index is -0.400. The lowest BCUT2D eigenvalue weighted by Gasteiger charge is -2.24. The van der Waals surface area contributed by atoms with Gasteiger partial charge in [0, 0.05) is 11.6 Å². The molecule has 7 heteroatoms. The molecule has 0 saturated heterocycles. The zero-order chi connectivity index (χ0) is 20.5. The van der Waals surface area contributed by atoms with Crippen molar-refractivity contribution >= 4 is 23.4 Å². The summed E-state index contributed by atoms with van der Waals surface area (Å²) in [5.41, 5.74) is 1.70. The Morgan fingerprint density at radius 3 is 2.57 bits per heavy atom. The summed E-state index contributed by atoms with van der Waals surface area (Å²) in [5.74, 6) is -0.459. The number of carbonyl (C=O) groups excluding carboxylic acids is 3. The van der Waals surface area contributed by atoms with Crippen molar-refractivity contribution in [2.24, 2.45) is 5.92 Å². The average Bonchev–Trinajstić information content (AvgIpc) is 3.17. The quantitative estimate of drug-likeness (QED) is 0.694. The van der Waals surface area contributed by atoms with Gasteiger partial charge in [-0.25, -0.2) is 0 Å². The number of amides is 3. The zero-order valence-corrected chi connectivity index (χ0v) is 16.5. The van der Waals surface area contributed by atoms with Crippen molar-refractivity contribution in [1.29, 1.82) is 0 Å². The summed E-state index contributed by atoms with van der Waals surface area (Å²) in [5, 5.41) is 5.29. The van der Waals surface area contributed by atoms with Crippen LogP contribution in [0.1, 0.15) is 31.6 Å². The van der Waals surface area contributed by atoms with E-state index in [1.165, 1.54) is 11.2 Å². The average molecular weight is 385 g/mol. The molecule has 0 spiro atoms. The highest BCUT2D eigenvalue weighted by Gasteiger charge is 2.22. The lowest BCUT2D eigenvalue weighted by molar-refractivity contribution is -0.140. The molecule has 0 saturated carbocycles. The Balaban J connectivity index is 1.89. The number of benzene rings is 1. The van der Waals surface area contributed by atoms with E-state index in [2.05, 4.69) is 10.6 Å². The lowest BCUT2D eigenvalue weighted by atomic mass is 10.1. The SMILES string of the molecule is CC[C@H](C)C(=O)N(CC(=O)NCC(=O)Nc1cccc(C)c1)Cc1ccco1. The molecular weight excluding hydrogens is 358 g/mol. The fraction of sp³-hybridized carbons (Fsp3) is 0.381. The number of aryl methyl sites for hydroxylation is 1. The minimum absolute atomic E-state index is 0.127.